The van der Waals surface area contributed by atoms with Crippen molar-refractivity contribution in [2.75, 3.05) is 0 Å². The van der Waals surface area contributed by atoms with Gasteiger partial charge >= 0.3 is 5.69 Å². The Morgan fingerprint density at radius 3 is 2.61 bits per heavy atom. The lowest BCUT2D eigenvalue weighted by atomic mass is 9.80. The summed E-state index contributed by atoms with van der Waals surface area (Å²) >= 11 is 5.95. The van der Waals surface area contributed by atoms with E-state index in [2.05, 4.69) is 4.98 Å². The van der Waals surface area contributed by atoms with Gasteiger partial charge in [0.1, 0.15) is 5.15 Å². The number of rotatable bonds is 4. The van der Waals surface area contributed by atoms with Gasteiger partial charge in [0.2, 0.25) is 0 Å². The molecule has 1 atom stereocenters. The molecule has 1 saturated carbocycles. The maximum Gasteiger partial charge on any atom is 0.329 e. The van der Waals surface area contributed by atoms with Gasteiger partial charge in [0, 0.05) is 6.04 Å². The van der Waals surface area contributed by atoms with Crippen LogP contribution in [-0.2, 0) is 6.42 Å². The number of halogens is 1. The predicted octanol–water partition coefficient (Wildman–Crippen LogP) is 2.50. The molecule has 0 saturated heterocycles. The average molecular weight is 271 g/mol. The van der Waals surface area contributed by atoms with Crippen LogP contribution in [0.3, 0.4) is 0 Å². The third kappa shape index (κ3) is 2.26. The van der Waals surface area contributed by atoms with Crippen molar-refractivity contribution in [1.82, 2.24) is 9.55 Å². The summed E-state index contributed by atoms with van der Waals surface area (Å²) < 4.78 is 1.35. The topological polar surface area (TPSA) is 54.9 Å². The quantitative estimate of drug-likeness (QED) is 0.855. The summed E-state index contributed by atoms with van der Waals surface area (Å²) in [7, 11) is 0. The standard InChI is InChI=1S/C13H19ClN2O2/c1-3-5-10-11(14)15-13(18)16(12(10)17)8(2)9-6-4-7-9/h8-9H,3-7H2,1-2H3,(H,15,18). The zero-order chi connectivity index (χ0) is 13.3. The maximum absolute atomic E-state index is 12.3. The fourth-order valence-corrected chi connectivity index (χ4v) is 2.79. The van der Waals surface area contributed by atoms with Crippen molar-refractivity contribution in [3.63, 3.8) is 0 Å². The molecule has 1 fully saturated rings. The van der Waals surface area contributed by atoms with Crippen LogP contribution in [0.15, 0.2) is 9.59 Å². The van der Waals surface area contributed by atoms with Crippen LogP contribution in [0.1, 0.15) is 51.1 Å². The molecular formula is C13H19ClN2O2. The molecule has 0 aliphatic heterocycles. The van der Waals surface area contributed by atoms with E-state index in [0.717, 1.165) is 19.3 Å². The van der Waals surface area contributed by atoms with Gasteiger partial charge in [0.15, 0.2) is 0 Å². The Balaban J connectivity index is 2.49. The van der Waals surface area contributed by atoms with Gasteiger partial charge in [-0.1, -0.05) is 31.4 Å². The number of aromatic nitrogens is 2. The lowest BCUT2D eigenvalue weighted by Crippen LogP contribution is -2.42. The van der Waals surface area contributed by atoms with E-state index < -0.39 is 0 Å². The van der Waals surface area contributed by atoms with Crippen LogP contribution in [0.25, 0.3) is 0 Å². The summed E-state index contributed by atoms with van der Waals surface area (Å²) in [6.45, 7) is 3.94. The second-order valence-electron chi connectivity index (χ2n) is 5.08. The summed E-state index contributed by atoms with van der Waals surface area (Å²) in [6, 6.07) is -0.0390. The van der Waals surface area contributed by atoms with Gasteiger partial charge in [-0.3, -0.25) is 14.3 Å². The molecule has 1 N–H and O–H groups in total. The number of aromatic amines is 1. The average Bonchev–Trinajstić information content (AvgIpc) is 2.21. The van der Waals surface area contributed by atoms with E-state index >= 15 is 0 Å². The Morgan fingerprint density at radius 2 is 2.11 bits per heavy atom. The second kappa shape index (κ2) is 5.31. The SMILES string of the molecule is CCCc1c(Cl)[nH]c(=O)n(C(C)C2CCC2)c1=O. The first-order chi connectivity index (χ1) is 8.56. The van der Waals surface area contributed by atoms with Crippen molar-refractivity contribution in [3.8, 4) is 0 Å². The summed E-state index contributed by atoms with van der Waals surface area (Å²) in [5.41, 5.74) is -0.0702. The van der Waals surface area contributed by atoms with E-state index in [-0.39, 0.29) is 22.4 Å². The Bertz CT molecular complexity index is 543. The molecule has 4 nitrogen and oxygen atoms in total. The summed E-state index contributed by atoms with van der Waals surface area (Å²) in [4.78, 5) is 26.9. The Hall–Kier alpha value is -1.03. The molecule has 0 spiro atoms. The Morgan fingerprint density at radius 1 is 1.44 bits per heavy atom. The van der Waals surface area contributed by atoms with Gasteiger partial charge in [0.05, 0.1) is 5.56 Å². The van der Waals surface area contributed by atoms with Gasteiger partial charge < -0.3 is 0 Å². The van der Waals surface area contributed by atoms with Crippen LogP contribution in [0.5, 0.6) is 0 Å². The highest BCUT2D eigenvalue weighted by molar-refractivity contribution is 6.30. The molecule has 1 unspecified atom stereocenters. The fraction of sp³-hybridized carbons (Fsp3) is 0.692. The minimum absolute atomic E-state index is 0.0390. The van der Waals surface area contributed by atoms with E-state index in [1.807, 2.05) is 13.8 Å². The Kier molecular flexibility index (Phi) is 3.95. The molecule has 1 heterocycles. The van der Waals surface area contributed by atoms with Gasteiger partial charge in [-0.2, -0.15) is 0 Å². The van der Waals surface area contributed by atoms with Crippen LogP contribution < -0.4 is 11.2 Å². The normalized spacial score (nSPS) is 17.5. The first-order valence-corrected chi connectivity index (χ1v) is 6.97. The number of H-pyrrole nitrogens is 1. The summed E-state index contributed by atoms with van der Waals surface area (Å²) in [5, 5.41) is 0.198. The molecule has 1 aliphatic carbocycles. The summed E-state index contributed by atoms with van der Waals surface area (Å²) in [6.07, 6.45) is 4.82. The van der Waals surface area contributed by atoms with Crippen LogP contribution in [-0.4, -0.2) is 9.55 Å². The minimum Gasteiger partial charge on any atom is -0.297 e. The predicted molar refractivity (Wildman–Crippen MR) is 72.4 cm³/mol. The lowest BCUT2D eigenvalue weighted by molar-refractivity contribution is 0.214. The first kappa shape index (κ1) is 13.4. The van der Waals surface area contributed by atoms with Crippen molar-refractivity contribution < 1.29 is 0 Å². The smallest absolute Gasteiger partial charge is 0.297 e. The molecule has 1 aromatic rings. The van der Waals surface area contributed by atoms with E-state index in [1.165, 1.54) is 11.0 Å². The van der Waals surface area contributed by atoms with E-state index in [0.29, 0.717) is 17.9 Å². The van der Waals surface area contributed by atoms with E-state index in [4.69, 9.17) is 11.6 Å². The lowest BCUT2D eigenvalue weighted by Gasteiger charge is -2.32. The van der Waals surface area contributed by atoms with Crippen molar-refractivity contribution in [1.29, 1.82) is 0 Å². The molecule has 0 radical (unpaired) electrons. The van der Waals surface area contributed by atoms with Gasteiger partial charge in [-0.25, -0.2) is 4.79 Å². The zero-order valence-corrected chi connectivity index (χ0v) is 11.6. The number of nitrogens with one attached hydrogen (secondary N) is 1. The third-order valence-electron chi connectivity index (χ3n) is 3.92. The van der Waals surface area contributed by atoms with Gasteiger partial charge in [0.25, 0.3) is 5.56 Å². The third-order valence-corrected chi connectivity index (χ3v) is 4.24. The fourth-order valence-electron chi connectivity index (χ4n) is 2.53. The van der Waals surface area contributed by atoms with Crippen LogP contribution in [0.2, 0.25) is 5.15 Å². The molecule has 2 rings (SSSR count). The van der Waals surface area contributed by atoms with Crippen LogP contribution >= 0.6 is 11.6 Å². The molecule has 100 valence electrons. The second-order valence-corrected chi connectivity index (χ2v) is 5.46. The van der Waals surface area contributed by atoms with Crippen molar-refractivity contribution in [3.05, 3.63) is 31.6 Å². The van der Waals surface area contributed by atoms with Crippen LogP contribution in [0, 0.1) is 5.92 Å². The molecule has 1 aromatic heterocycles. The van der Waals surface area contributed by atoms with E-state index in [9.17, 15) is 9.59 Å². The van der Waals surface area contributed by atoms with Crippen molar-refractivity contribution >= 4 is 11.6 Å². The molecule has 0 aromatic carbocycles. The highest BCUT2D eigenvalue weighted by Crippen LogP contribution is 2.34. The highest BCUT2D eigenvalue weighted by Gasteiger charge is 2.28. The molecule has 5 heteroatoms. The molecule has 18 heavy (non-hydrogen) atoms. The first-order valence-electron chi connectivity index (χ1n) is 6.59. The van der Waals surface area contributed by atoms with Crippen molar-refractivity contribution in [2.45, 2.75) is 52.0 Å². The summed E-state index contributed by atoms with van der Waals surface area (Å²) in [5.74, 6) is 0.444. The number of hydrogen-bond acceptors (Lipinski definition) is 2. The maximum atomic E-state index is 12.3. The van der Waals surface area contributed by atoms with Crippen molar-refractivity contribution in [2.24, 2.45) is 5.92 Å². The molecule has 0 amide bonds. The minimum atomic E-state index is -0.385. The van der Waals surface area contributed by atoms with Gasteiger partial charge in [-0.05, 0) is 32.1 Å². The Labute approximate surface area is 111 Å². The number of hydrogen-bond donors (Lipinski definition) is 1. The monoisotopic (exact) mass is 270 g/mol. The molecule has 1 aliphatic rings. The van der Waals surface area contributed by atoms with Crippen LogP contribution in [0.4, 0.5) is 0 Å². The van der Waals surface area contributed by atoms with Gasteiger partial charge in [-0.15, -0.1) is 0 Å². The largest absolute Gasteiger partial charge is 0.329 e. The zero-order valence-electron chi connectivity index (χ0n) is 10.8. The molecule has 0 bridgehead atoms. The van der Waals surface area contributed by atoms with E-state index in [1.54, 1.807) is 0 Å². The molecular weight excluding hydrogens is 252 g/mol. The highest BCUT2D eigenvalue weighted by atomic mass is 35.5. The number of nitrogens with zero attached hydrogens (tertiary/aromatic N) is 1.